The van der Waals surface area contributed by atoms with Crippen LogP contribution in [0.3, 0.4) is 0 Å². The Balaban J connectivity index is 1.83. The second-order valence-corrected chi connectivity index (χ2v) is 6.79. The lowest BCUT2D eigenvalue weighted by molar-refractivity contribution is 0.00578. The minimum Gasteiger partial charge on any atom is -0.399 e. The molecule has 2 fully saturated rings. The maximum absolute atomic E-state index is 6.06. The van der Waals surface area contributed by atoms with E-state index in [0.29, 0.717) is 5.92 Å². The average molecular weight is 275 g/mol. The van der Waals surface area contributed by atoms with E-state index in [1.54, 1.807) is 0 Å². The summed E-state index contributed by atoms with van der Waals surface area (Å²) in [5, 5.41) is 0. The van der Waals surface area contributed by atoms with Crippen molar-refractivity contribution in [2.75, 3.05) is 13.2 Å². The number of aromatic nitrogens is 1. The van der Waals surface area contributed by atoms with Gasteiger partial charge in [0.25, 0.3) is 0 Å². The van der Waals surface area contributed by atoms with Crippen molar-refractivity contribution in [1.29, 1.82) is 0 Å². The summed E-state index contributed by atoms with van der Waals surface area (Å²) in [6, 6.07) is 2.13. The molecule has 5 heteroatoms. The fourth-order valence-electron chi connectivity index (χ4n) is 2.54. The van der Waals surface area contributed by atoms with E-state index in [-0.39, 0.29) is 18.3 Å². The highest BCUT2D eigenvalue weighted by molar-refractivity contribution is 6.62. The topological polar surface area (TPSA) is 40.6 Å². The lowest BCUT2D eigenvalue weighted by Crippen LogP contribution is -2.41. The molecule has 0 aliphatic carbocycles. The van der Waals surface area contributed by atoms with Gasteiger partial charge in [0.15, 0.2) is 0 Å². The van der Waals surface area contributed by atoms with Crippen molar-refractivity contribution >= 4 is 12.6 Å². The third kappa shape index (κ3) is 2.18. The second-order valence-electron chi connectivity index (χ2n) is 6.79. The lowest BCUT2D eigenvalue weighted by atomic mass is 9.79. The van der Waals surface area contributed by atoms with E-state index in [9.17, 15) is 0 Å². The molecule has 1 aromatic heterocycles. The van der Waals surface area contributed by atoms with Crippen molar-refractivity contribution in [3.8, 4) is 0 Å². The maximum atomic E-state index is 6.06. The van der Waals surface area contributed by atoms with Crippen molar-refractivity contribution in [3.63, 3.8) is 0 Å². The average Bonchev–Trinajstić information content (AvgIpc) is 2.48. The number of ether oxygens (including phenoxy) is 1. The summed E-state index contributed by atoms with van der Waals surface area (Å²) in [5.41, 5.74) is 2.69. The molecular weight excluding hydrogens is 253 g/mol. The molecule has 0 N–H and O–H groups in total. The van der Waals surface area contributed by atoms with E-state index in [0.717, 1.165) is 24.4 Å². The predicted octanol–water partition coefficient (Wildman–Crippen LogP) is 1.80. The van der Waals surface area contributed by atoms with Gasteiger partial charge < -0.3 is 14.0 Å². The van der Waals surface area contributed by atoms with Gasteiger partial charge in [0, 0.05) is 17.6 Å². The number of hydrogen-bond donors (Lipinski definition) is 0. The SMILES string of the molecule is Cc1cc(B2OC(C)(C)C(C)(C)O2)cnc1C1COC1. The molecule has 2 aliphatic heterocycles. The van der Waals surface area contributed by atoms with Gasteiger partial charge in [0.05, 0.1) is 30.1 Å². The molecule has 3 rings (SSSR count). The molecule has 0 atom stereocenters. The second kappa shape index (κ2) is 4.55. The van der Waals surface area contributed by atoms with Gasteiger partial charge in [-0.3, -0.25) is 4.98 Å². The number of pyridine rings is 1. The first-order chi connectivity index (χ1) is 9.30. The molecule has 3 heterocycles. The first-order valence-corrected chi connectivity index (χ1v) is 7.20. The fourth-order valence-corrected chi connectivity index (χ4v) is 2.54. The Hall–Kier alpha value is -0.905. The van der Waals surface area contributed by atoms with E-state index in [1.165, 1.54) is 5.56 Å². The molecule has 0 unspecified atom stereocenters. The first-order valence-electron chi connectivity index (χ1n) is 7.20. The summed E-state index contributed by atoms with van der Waals surface area (Å²) in [6.45, 7) is 11.9. The van der Waals surface area contributed by atoms with Crippen molar-refractivity contribution in [3.05, 3.63) is 23.5 Å². The summed E-state index contributed by atoms with van der Waals surface area (Å²) in [6.07, 6.45) is 1.88. The molecule has 0 saturated carbocycles. The highest BCUT2D eigenvalue weighted by Gasteiger charge is 2.51. The molecule has 108 valence electrons. The molecule has 0 amide bonds. The molecule has 0 radical (unpaired) electrons. The van der Waals surface area contributed by atoms with Crippen LogP contribution in [0.4, 0.5) is 0 Å². The van der Waals surface area contributed by atoms with Gasteiger partial charge in [-0.05, 0) is 40.2 Å². The zero-order valence-corrected chi connectivity index (χ0v) is 12.9. The van der Waals surface area contributed by atoms with E-state index in [2.05, 4.69) is 45.7 Å². The van der Waals surface area contributed by atoms with Crippen LogP contribution < -0.4 is 5.46 Å². The quantitative estimate of drug-likeness (QED) is 0.772. The van der Waals surface area contributed by atoms with Crippen LogP contribution in [-0.4, -0.2) is 36.5 Å². The molecule has 2 aliphatic rings. The summed E-state index contributed by atoms with van der Waals surface area (Å²) >= 11 is 0. The van der Waals surface area contributed by atoms with Crippen LogP contribution in [-0.2, 0) is 14.0 Å². The van der Waals surface area contributed by atoms with Crippen molar-refractivity contribution in [1.82, 2.24) is 4.98 Å². The van der Waals surface area contributed by atoms with E-state index >= 15 is 0 Å². The van der Waals surface area contributed by atoms with Crippen LogP contribution in [0.15, 0.2) is 12.3 Å². The number of aryl methyl sites for hydroxylation is 1. The van der Waals surface area contributed by atoms with Crippen LogP contribution in [0.5, 0.6) is 0 Å². The number of hydrogen-bond acceptors (Lipinski definition) is 4. The van der Waals surface area contributed by atoms with E-state index < -0.39 is 0 Å². The maximum Gasteiger partial charge on any atom is 0.496 e. The Bertz CT molecular complexity index is 510. The molecule has 0 bridgehead atoms. The Morgan fingerprint density at radius 3 is 2.20 bits per heavy atom. The summed E-state index contributed by atoms with van der Waals surface area (Å²) in [7, 11) is -0.335. The van der Waals surface area contributed by atoms with Gasteiger partial charge in [0.2, 0.25) is 0 Å². The van der Waals surface area contributed by atoms with Gasteiger partial charge in [-0.15, -0.1) is 0 Å². The molecule has 0 spiro atoms. The largest absolute Gasteiger partial charge is 0.496 e. The van der Waals surface area contributed by atoms with Crippen LogP contribution in [0, 0.1) is 6.92 Å². The highest BCUT2D eigenvalue weighted by Crippen LogP contribution is 2.36. The minimum absolute atomic E-state index is 0.313. The van der Waals surface area contributed by atoms with Crippen LogP contribution in [0.2, 0.25) is 0 Å². The minimum atomic E-state index is -0.335. The van der Waals surface area contributed by atoms with Gasteiger partial charge >= 0.3 is 7.12 Å². The van der Waals surface area contributed by atoms with Gasteiger partial charge in [0.1, 0.15) is 0 Å². The fraction of sp³-hybridized carbons (Fsp3) is 0.667. The van der Waals surface area contributed by atoms with Crippen LogP contribution >= 0.6 is 0 Å². The zero-order chi connectivity index (χ0) is 14.5. The van der Waals surface area contributed by atoms with Crippen molar-refractivity contribution in [2.45, 2.75) is 51.7 Å². The van der Waals surface area contributed by atoms with E-state index in [1.807, 2.05) is 6.20 Å². The van der Waals surface area contributed by atoms with E-state index in [4.69, 9.17) is 14.0 Å². The number of rotatable bonds is 2. The smallest absolute Gasteiger partial charge is 0.399 e. The lowest BCUT2D eigenvalue weighted by Gasteiger charge is -2.32. The first kappa shape index (κ1) is 14.0. The molecule has 0 aromatic carbocycles. The Morgan fingerprint density at radius 1 is 1.15 bits per heavy atom. The Labute approximate surface area is 121 Å². The molecule has 20 heavy (non-hydrogen) atoms. The van der Waals surface area contributed by atoms with Gasteiger partial charge in [-0.2, -0.15) is 0 Å². The molecule has 2 saturated heterocycles. The van der Waals surface area contributed by atoms with Crippen molar-refractivity contribution in [2.24, 2.45) is 0 Å². The van der Waals surface area contributed by atoms with Crippen LogP contribution in [0.1, 0.15) is 44.9 Å². The third-order valence-corrected chi connectivity index (χ3v) is 4.69. The molecule has 1 aromatic rings. The molecule has 4 nitrogen and oxygen atoms in total. The zero-order valence-electron chi connectivity index (χ0n) is 12.9. The van der Waals surface area contributed by atoms with Crippen molar-refractivity contribution < 1.29 is 14.0 Å². The summed E-state index contributed by atoms with van der Waals surface area (Å²) < 4.78 is 17.4. The third-order valence-electron chi connectivity index (χ3n) is 4.69. The molecular formula is C15H22BNO3. The van der Waals surface area contributed by atoms with Gasteiger partial charge in [-0.1, -0.05) is 6.07 Å². The normalized spacial score (nSPS) is 24.8. The van der Waals surface area contributed by atoms with Gasteiger partial charge in [-0.25, -0.2) is 0 Å². The number of nitrogens with zero attached hydrogens (tertiary/aromatic N) is 1. The Morgan fingerprint density at radius 2 is 1.75 bits per heavy atom. The summed E-state index contributed by atoms with van der Waals surface area (Å²) in [5.74, 6) is 0.447. The predicted molar refractivity (Wildman–Crippen MR) is 78.3 cm³/mol. The van der Waals surface area contributed by atoms with Crippen LogP contribution in [0.25, 0.3) is 0 Å². The monoisotopic (exact) mass is 275 g/mol. The standard InChI is InChI=1S/C15H22BNO3/c1-10-6-12(7-17-13(10)11-8-18-9-11)16-19-14(2,3)15(4,5)20-16/h6-7,11H,8-9H2,1-5H3. The highest BCUT2D eigenvalue weighted by atomic mass is 16.7. The summed E-state index contributed by atoms with van der Waals surface area (Å²) in [4.78, 5) is 4.60. The Kier molecular flexibility index (Phi) is 3.20.